The van der Waals surface area contributed by atoms with Crippen LogP contribution in [0, 0.1) is 0 Å². The minimum absolute atomic E-state index is 0.0257. The second-order valence-corrected chi connectivity index (χ2v) is 9.68. The van der Waals surface area contributed by atoms with Gasteiger partial charge in [0.15, 0.2) is 0 Å². The zero-order valence-corrected chi connectivity index (χ0v) is 19.9. The highest BCUT2D eigenvalue weighted by Gasteiger charge is 2.38. The Morgan fingerprint density at radius 1 is 1.12 bits per heavy atom. The molecule has 0 amide bonds. The molecule has 2 aromatic rings. The summed E-state index contributed by atoms with van der Waals surface area (Å²) in [5.41, 5.74) is 1.27. The van der Waals surface area contributed by atoms with Crippen molar-refractivity contribution in [2.24, 2.45) is 0 Å². The Bertz CT molecular complexity index is 1090. The lowest BCUT2D eigenvalue weighted by atomic mass is 10.1. The van der Waals surface area contributed by atoms with Crippen LogP contribution in [0.5, 0.6) is 5.75 Å². The first-order chi connectivity index (χ1) is 16.3. The molecule has 1 fully saturated rings. The van der Waals surface area contributed by atoms with Crippen molar-refractivity contribution in [2.75, 3.05) is 25.0 Å². The molecule has 2 aromatic carbocycles. The number of benzene rings is 2. The number of carbonyl (C=O) groups excluding carboxylic acids is 1. The second-order valence-electron chi connectivity index (χ2n) is 8.06. The largest absolute Gasteiger partial charge is 0.496 e. The van der Waals surface area contributed by atoms with Crippen LogP contribution < -0.4 is 9.46 Å². The molecule has 184 valence electrons. The van der Waals surface area contributed by atoms with Gasteiger partial charge in [0.05, 0.1) is 19.4 Å². The molecule has 1 aliphatic rings. The van der Waals surface area contributed by atoms with E-state index in [9.17, 15) is 23.1 Å². The van der Waals surface area contributed by atoms with Crippen LogP contribution in [0.3, 0.4) is 0 Å². The minimum atomic E-state index is -4.08. The molecule has 0 spiro atoms. The lowest BCUT2D eigenvalue weighted by Gasteiger charge is -2.33. The molecule has 2 N–H and O–H groups in total. The number of piperidine rings is 1. The number of carboxylic acid groups (broad SMARTS) is 1. The molecule has 0 aromatic heterocycles. The third kappa shape index (κ3) is 6.71. The van der Waals surface area contributed by atoms with Gasteiger partial charge in [0.25, 0.3) is 0 Å². The van der Waals surface area contributed by atoms with Crippen LogP contribution >= 0.6 is 0 Å². The lowest BCUT2D eigenvalue weighted by Crippen LogP contribution is -2.50. The molecule has 0 saturated carbocycles. The predicted octanol–water partition coefficient (Wildman–Crippen LogP) is 3.47. The third-order valence-electron chi connectivity index (χ3n) is 5.66. The SMILES string of the molecule is COc1cc(NS(=O)(=O)N2CCCCC2C(=O)OCCCCc2ccccc2)ccc1C(=O)O. The van der Waals surface area contributed by atoms with Gasteiger partial charge in [-0.05, 0) is 56.2 Å². The number of aryl methyl sites for hydroxylation is 1. The highest BCUT2D eigenvalue weighted by Crippen LogP contribution is 2.27. The van der Waals surface area contributed by atoms with Crippen molar-refractivity contribution in [3.8, 4) is 5.75 Å². The van der Waals surface area contributed by atoms with Crippen molar-refractivity contribution in [1.29, 1.82) is 0 Å². The van der Waals surface area contributed by atoms with Crippen LogP contribution in [-0.4, -0.2) is 56.1 Å². The topological polar surface area (TPSA) is 122 Å². The third-order valence-corrected chi connectivity index (χ3v) is 7.21. The van der Waals surface area contributed by atoms with E-state index < -0.39 is 28.2 Å². The molecule has 1 atom stereocenters. The molecule has 0 radical (unpaired) electrons. The lowest BCUT2D eigenvalue weighted by molar-refractivity contribution is -0.149. The quantitative estimate of drug-likeness (QED) is 0.365. The maximum absolute atomic E-state index is 13.1. The standard InChI is InChI=1S/C24H30N2O7S/c1-32-22-17-19(13-14-20(22)23(27)28)25-34(30,31)26-15-7-5-12-21(26)24(29)33-16-8-6-11-18-9-3-2-4-10-18/h2-4,9-10,13-14,17,21,25H,5-8,11-12,15-16H2,1H3,(H,27,28). The van der Waals surface area contributed by atoms with Crippen LogP contribution in [0.4, 0.5) is 5.69 Å². The Morgan fingerprint density at radius 2 is 1.88 bits per heavy atom. The second kappa shape index (κ2) is 11.8. The van der Waals surface area contributed by atoms with Gasteiger partial charge in [0.1, 0.15) is 17.4 Å². The summed E-state index contributed by atoms with van der Waals surface area (Å²) in [6.45, 7) is 0.421. The fourth-order valence-corrected chi connectivity index (χ4v) is 5.35. The zero-order valence-electron chi connectivity index (χ0n) is 19.1. The van der Waals surface area contributed by atoms with Crippen LogP contribution in [0.15, 0.2) is 48.5 Å². The summed E-state index contributed by atoms with van der Waals surface area (Å²) in [7, 11) is -2.78. The maximum Gasteiger partial charge on any atom is 0.339 e. The Hall–Kier alpha value is -3.11. The summed E-state index contributed by atoms with van der Waals surface area (Å²) in [5, 5.41) is 9.20. The van der Waals surface area contributed by atoms with Gasteiger partial charge < -0.3 is 14.6 Å². The number of hydrogen-bond acceptors (Lipinski definition) is 6. The first-order valence-corrected chi connectivity index (χ1v) is 12.7. The van der Waals surface area contributed by atoms with Crippen LogP contribution in [0.1, 0.15) is 48.0 Å². The minimum Gasteiger partial charge on any atom is -0.496 e. The summed E-state index contributed by atoms with van der Waals surface area (Å²) in [6, 6.07) is 13.0. The number of esters is 1. The Morgan fingerprint density at radius 3 is 2.59 bits per heavy atom. The molecule has 1 unspecified atom stereocenters. The molecule has 3 rings (SSSR count). The van der Waals surface area contributed by atoms with Crippen LogP contribution in [0.25, 0.3) is 0 Å². The number of nitrogens with zero attached hydrogens (tertiary/aromatic N) is 1. The van der Waals surface area contributed by atoms with Crippen LogP contribution in [0.2, 0.25) is 0 Å². The number of hydrogen-bond donors (Lipinski definition) is 2. The molecule has 1 saturated heterocycles. The fraction of sp³-hybridized carbons (Fsp3) is 0.417. The van der Waals surface area contributed by atoms with E-state index in [0.29, 0.717) is 19.3 Å². The Labute approximate surface area is 199 Å². The van der Waals surface area contributed by atoms with Gasteiger partial charge in [0, 0.05) is 12.6 Å². The zero-order chi connectivity index (χ0) is 24.6. The van der Waals surface area contributed by atoms with E-state index in [0.717, 1.165) is 23.6 Å². The van der Waals surface area contributed by atoms with Gasteiger partial charge in [-0.3, -0.25) is 9.52 Å². The number of ether oxygens (including phenoxy) is 2. The van der Waals surface area contributed by atoms with Gasteiger partial charge in [-0.1, -0.05) is 30.3 Å². The first-order valence-electron chi connectivity index (χ1n) is 11.2. The molecule has 34 heavy (non-hydrogen) atoms. The van der Waals surface area contributed by atoms with E-state index in [1.165, 1.54) is 30.9 Å². The molecule has 0 aliphatic carbocycles. The van der Waals surface area contributed by atoms with Gasteiger partial charge in [-0.2, -0.15) is 12.7 Å². The van der Waals surface area contributed by atoms with Crippen molar-refractivity contribution in [1.82, 2.24) is 4.31 Å². The first kappa shape index (κ1) is 25.5. The van der Waals surface area contributed by atoms with E-state index in [2.05, 4.69) is 16.9 Å². The number of carboxylic acids is 1. The normalized spacial score (nSPS) is 16.6. The average molecular weight is 491 g/mol. The molecular formula is C24H30N2O7S. The van der Waals surface area contributed by atoms with E-state index in [4.69, 9.17) is 9.47 Å². The summed E-state index contributed by atoms with van der Waals surface area (Å²) in [6.07, 6.45) is 4.17. The average Bonchev–Trinajstić information content (AvgIpc) is 2.84. The number of aromatic carboxylic acids is 1. The van der Waals surface area contributed by atoms with Gasteiger partial charge in [0.2, 0.25) is 0 Å². The van der Waals surface area contributed by atoms with Crippen molar-refractivity contribution in [2.45, 2.75) is 44.6 Å². The number of carbonyl (C=O) groups is 2. The Balaban J connectivity index is 1.59. The highest BCUT2D eigenvalue weighted by molar-refractivity contribution is 7.90. The number of anilines is 1. The van der Waals surface area contributed by atoms with Gasteiger partial charge in [-0.15, -0.1) is 0 Å². The van der Waals surface area contributed by atoms with Gasteiger partial charge in [-0.25, -0.2) is 4.79 Å². The number of rotatable bonds is 11. The van der Waals surface area contributed by atoms with E-state index >= 15 is 0 Å². The molecule has 10 heteroatoms. The smallest absolute Gasteiger partial charge is 0.339 e. The molecule has 0 bridgehead atoms. The van der Waals surface area contributed by atoms with Crippen molar-refractivity contribution in [3.63, 3.8) is 0 Å². The summed E-state index contributed by atoms with van der Waals surface area (Å²) < 4.78 is 40.2. The Kier molecular flexibility index (Phi) is 8.89. The number of unbranched alkanes of at least 4 members (excludes halogenated alkanes) is 1. The van der Waals surface area contributed by atoms with Crippen molar-refractivity contribution in [3.05, 3.63) is 59.7 Å². The van der Waals surface area contributed by atoms with E-state index in [-0.39, 0.29) is 30.2 Å². The molecule has 9 nitrogen and oxygen atoms in total. The maximum atomic E-state index is 13.1. The molecule has 1 aliphatic heterocycles. The number of nitrogens with one attached hydrogen (secondary N) is 1. The van der Waals surface area contributed by atoms with E-state index in [1.807, 2.05) is 18.2 Å². The summed E-state index contributed by atoms with van der Waals surface area (Å²) >= 11 is 0. The van der Waals surface area contributed by atoms with Crippen molar-refractivity contribution >= 4 is 27.8 Å². The summed E-state index contributed by atoms with van der Waals surface area (Å²) in [4.78, 5) is 24.0. The molecular weight excluding hydrogens is 460 g/mol. The molecule has 1 heterocycles. The van der Waals surface area contributed by atoms with E-state index in [1.54, 1.807) is 0 Å². The summed E-state index contributed by atoms with van der Waals surface area (Å²) in [5.74, 6) is -1.71. The van der Waals surface area contributed by atoms with Crippen molar-refractivity contribution < 1.29 is 32.6 Å². The van der Waals surface area contributed by atoms with Gasteiger partial charge >= 0.3 is 22.1 Å². The van der Waals surface area contributed by atoms with Crippen LogP contribution in [-0.2, 0) is 26.2 Å². The fourth-order valence-electron chi connectivity index (χ4n) is 3.91. The predicted molar refractivity (Wildman–Crippen MR) is 127 cm³/mol. The highest BCUT2D eigenvalue weighted by atomic mass is 32.2. The monoisotopic (exact) mass is 490 g/mol. The number of methoxy groups -OCH3 is 1.